The van der Waals surface area contributed by atoms with Gasteiger partial charge >= 0.3 is 6.18 Å². The number of hydrogen-bond acceptors (Lipinski definition) is 4. The van der Waals surface area contributed by atoms with Crippen molar-refractivity contribution in [2.45, 2.75) is 6.18 Å². The molecule has 3 rings (SSSR count). The lowest BCUT2D eigenvalue weighted by atomic mass is 10.0. The van der Waals surface area contributed by atoms with Crippen molar-refractivity contribution in [1.29, 1.82) is 0 Å². The first kappa shape index (κ1) is 19.2. The first-order valence-electron chi connectivity index (χ1n) is 8.35. The minimum Gasteiger partial charge on any atom is -0.368 e. The molecule has 5 nitrogen and oxygen atoms in total. The van der Waals surface area contributed by atoms with E-state index in [4.69, 9.17) is 5.73 Å². The molecule has 1 heterocycles. The molecule has 0 bridgehead atoms. The van der Waals surface area contributed by atoms with Gasteiger partial charge in [-0.15, -0.1) is 0 Å². The van der Waals surface area contributed by atoms with Gasteiger partial charge in [0.1, 0.15) is 5.82 Å². The molecule has 144 valence electrons. The summed E-state index contributed by atoms with van der Waals surface area (Å²) >= 11 is 0. The molecule has 0 unspecified atom stereocenters. The Bertz CT molecular complexity index is 972. The van der Waals surface area contributed by atoms with Gasteiger partial charge in [0.2, 0.25) is 5.91 Å². The Morgan fingerprint density at radius 2 is 1.75 bits per heavy atom. The Morgan fingerprint density at radius 3 is 2.43 bits per heavy atom. The SMILES string of the molecule is NC(=O)CNc1cc(-c2ccccc2Nc2ccc(C(F)(F)F)cc2)ccn1. The summed E-state index contributed by atoms with van der Waals surface area (Å²) in [6.07, 6.45) is -2.78. The molecule has 1 amide bonds. The van der Waals surface area contributed by atoms with Crippen LogP contribution in [0.2, 0.25) is 0 Å². The van der Waals surface area contributed by atoms with Crippen molar-refractivity contribution < 1.29 is 18.0 Å². The lowest BCUT2D eigenvalue weighted by molar-refractivity contribution is -0.137. The van der Waals surface area contributed by atoms with Crippen molar-refractivity contribution >= 4 is 23.1 Å². The van der Waals surface area contributed by atoms with E-state index in [2.05, 4.69) is 15.6 Å². The predicted octanol–water partition coefficient (Wildman–Crippen LogP) is 4.41. The van der Waals surface area contributed by atoms with Crippen LogP contribution in [0.4, 0.5) is 30.4 Å². The number of pyridine rings is 1. The van der Waals surface area contributed by atoms with Gasteiger partial charge in [-0.25, -0.2) is 4.98 Å². The summed E-state index contributed by atoms with van der Waals surface area (Å²) in [5.41, 5.74) is 7.31. The van der Waals surface area contributed by atoms with Crippen LogP contribution in [-0.2, 0) is 11.0 Å². The molecule has 0 aliphatic heterocycles. The number of nitrogens with two attached hydrogens (primary N) is 1. The lowest BCUT2D eigenvalue weighted by Gasteiger charge is -2.14. The average molecular weight is 386 g/mol. The van der Waals surface area contributed by atoms with Gasteiger partial charge in [-0.1, -0.05) is 18.2 Å². The number of carbonyl (C=O) groups is 1. The number of alkyl halides is 3. The molecule has 3 aromatic rings. The summed E-state index contributed by atoms with van der Waals surface area (Å²) in [6, 6.07) is 15.8. The summed E-state index contributed by atoms with van der Waals surface area (Å²) in [6.45, 7) is -0.0398. The fourth-order valence-corrected chi connectivity index (χ4v) is 2.61. The highest BCUT2D eigenvalue weighted by atomic mass is 19.4. The number of carbonyl (C=O) groups excluding carboxylic acids is 1. The molecule has 0 saturated heterocycles. The first-order chi connectivity index (χ1) is 13.3. The molecule has 0 atom stereocenters. The van der Waals surface area contributed by atoms with E-state index in [1.807, 2.05) is 24.3 Å². The molecule has 2 aromatic carbocycles. The number of hydrogen-bond donors (Lipinski definition) is 3. The van der Waals surface area contributed by atoms with E-state index < -0.39 is 17.6 Å². The van der Waals surface area contributed by atoms with Crippen molar-refractivity contribution in [2.24, 2.45) is 5.73 Å². The topological polar surface area (TPSA) is 80.0 Å². The van der Waals surface area contributed by atoms with E-state index in [0.29, 0.717) is 17.2 Å². The molecular formula is C20H17F3N4O. The minimum atomic E-state index is -4.37. The number of nitrogens with one attached hydrogen (secondary N) is 2. The van der Waals surface area contributed by atoms with E-state index >= 15 is 0 Å². The van der Waals surface area contributed by atoms with Gasteiger partial charge in [-0.05, 0) is 48.0 Å². The summed E-state index contributed by atoms with van der Waals surface area (Å²) in [4.78, 5) is 15.1. The quantitative estimate of drug-likeness (QED) is 0.586. The van der Waals surface area contributed by atoms with Gasteiger partial charge in [0.05, 0.1) is 12.1 Å². The molecule has 8 heteroatoms. The van der Waals surface area contributed by atoms with Crippen LogP contribution in [0.25, 0.3) is 11.1 Å². The maximum atomic E-state index is 12.7. The number of amides is 1. The fourth-order valence-electron chi connectivity index (χ4n) is 2.61. The van der Waals surface area contributed by atoms with E-state index in [1.54, 1.807) is 18.3 Å². The third-order valence-electron chi connectivity index (χ3n) is 3.93. The highest BCUT2D eigenvalue weighted by Crippen LogP contribution is 2.33. The van der Waals surface area contributed by atoms with Gasteiger partial charge in [-0.3, -0.25) is 4.79 Å². The van der Waals surface area contributed by atoms with Crippen molar-refractivity contribution in [3.05, 3.63) is 72.4 Å². The van der Waals surface area contributed by atoms with E-state index in [-0.39, 0.29) is 6.54 Å². The van der Waals surface area contributed by atoms with Crippen LogP contribution >= 0.6 is 0 Å². The number of rotatable bonds is 6. The number of para-hydroxylation sites is 1. The van der Waals surface area contributed by atoms with E-state index in [9.17, 15) is 18.0 Å². The smallest absolute Gasteiger partial charge is 0.368 e. The number of nitrogens with zero attached hydrogens (tertiary/aromatic N) is 1. The monoisotopic (exact) mass is 386 g/mol. The Labute approximate surface area is 159 Å². The Hall–Kier alpha value is -3.55. The second-order valence-electron chi connectivity index (χ2n) is 6.00. The summed E-state index contributed by atoms with van der Waals surface area (Å²) in [5.74, 6) is -0.0165. The zero-order valence-electron chi connectivity index (χ0n) is 14.6. The molecule has 0 fully saturated rings. The molecule has 0 saturated carbocycles. The molecule has 28 heavy (non-hydrogen) atoms. The fraction of sp³-hybridized carbons (Fsp3) is 0.100. The lowest BCUT2D eigenvalue weighted by Crippen LogP contribution is -2.22. The van der Waals surface area contributed by atoms with E-state index in [1.165, 1.54) is 12.1 Å². The highest BCUT2D eigenvalue weighted by Gasteiger charge is 2.29. The molecule has 0 radical (unpaired) electrons. The zero-order chi connectivity index (χ0) is 20.1. The van der Waals surface area contributed by atoms with Crippen molar-refractivity contribution in [2.75, 3.05) is 17.2 Å². The zero-order valence-corrected chi connectivity index (χ0v) is 14.6. The van der Waals surface area contributed by atoms with Gasteiger partial charge in [0, 0.05) is 23.1 Å². The number of halogens is 3. The third-order valence-corrected chi connectivity index (χ3v) is 3.93. The van der Waals surface area contributed by atoms with Crippen molar-refractivity contribution in [1.82, 2.24) is 4.98 Å². The normalized spacial score (nSPS) is 11.1. The summed E-state index contributed by atoms with van der Waals surface area (Å²) in [5, 5.41) is 5.97. The van der Waals surface area contributed by atoms with Crippen LogP contribution in [0.5, 0.6) is 0 Å². The van der Waals surface area contributed by atoms with Crippen molar-refractivity contribution in [3.8, 4) is 11.1 Å². The van der Waals surface area contributed by atoms with Gasteiger partial charge in [0.15, 0.2) is 0 Å². The Balaban J connectivity index is 1.86. The van der Waals surface area contributed by atoms with Crippen LogP contribution in [0.3, 0.4) is 0 Å². The average Bonchev–Trinajstić information content (AvgIpc) is 2.67. The van der Waals surface area contributed by atoms with Gasteiger partial charge in [0.25, 0.3) is 0 Å². The molecular weight excluding hydrogens is 369 g/mol. The van der Waals surface area contributed by atoms with Gasteiger partial charge < -0.3 is 16.4 Å². The Kier molecular flexibility index (Phi) is 5.49. The van der Waals surface area contributed by atoms with Crippen LogP contribution in [0.15, 0.2) is 66.9 Å². The maximum Gasteiger partial charge on any atom is 0.416 e. The minimum absolute atomic E-state index is 0.0398. The second kappa shape index (κ2) is 7.99. The van der Waals surface area contributed by atoms with Crippen molar-refractivity contribution in [3.63, 3.8) is 0 Å². The van der Waals surface area contributed by atoms with Crippen LogP contribution in [0.1, 0.15) is 5.56 Å². The molecule has 0 aliphatic carbocycles. The largest absolute Gasteiger partial charge is 0.416 e. The number of anilines is 3. The summed E-state index contributed by atoms with van der Waals surface area (Å²) < 4.78 is 38.2. The Morgan fingerprint density at radius 1 is 1.04 bits per heavy atom. The van der Waals surface area contributed by atoms with Crippen LogP contribution < -0.4 is 16.4 Å². The number of primary amides is 1. The number of benzene rings is 2. The summed E-state index contributed by atoms with van der Waals surface area (Å²) in [7, 11) is 0. The van der Waals surface area contributed by atoms with Crippen LogP contribution in [-0.4, -0.2) is 17.4 Å². The molecule has 0 aliphatic rings. The standard InChI is InChI=1S/C20H17F3N4O/c21-20(22,23)14-5-7-15(8-6-14)27-17-4-2-1-3-16(17)13-9-10-25-19(11-13)26-12-18(24)28/h1-11,27H,12H2,(H2,24,28)(H,25,26). The predicted molar refractivity (Wildman–Crippen MR) is 102 cm³/mol. The second-order valence-corrected chi connectivity index (χ2v) is 6.00. The third kappa shape index (κ3) is 4.79. The van der Waals surface area contributed by atoms with E-state index in [0.717, 1.165) is 23.3 Å². The maximum absolute atomic E-state index is 12.7. The highest BCUT2D eigenvalue weighted by molar-refractivity contribution is 5.82. The number of aromatic nitrogens is 1. The molecule has 4 N–H and O–H groups in total. The molecule has 0 spiro atoms. The first-order valence-corrected chi connectivity index (χ1v) is 8.35. The van der Waals surface area contributed by atoms with Gasteiger partial charge in [-0.2, -0.15) is 13.2 Å². The molecule has 1 aromatic heterocycles. The van der Waals surface area contributed by atoms with Crippen LogP contribution in [0, 0.1) is 0 Å².